The molecule has 3 aromatic rings. The molecule has 1 unspecified atom stereocenters. The molecular formula is C24H20O3. The summed E-state index contributed by atoms with van der Waals surface area (Å²) in [6.07, 6.45) is 0.0304. The first kappa shape index (κ1) is 17.3. The minimum atomic E-state index is -0.334. The molecule has 1 fully saturated rings. The van der Waals surface area contributed by atoms with Crippen LogP contribution in [0.25, 0.3) is 11.1 Å². The van der Waals surface area contributed by atoms with E-state index in [4.69, 9.17) is 9.47 Å². The van der Waals surface area contributed by atoms with Crippen LogP contribution in [0, 0.1) is 0 Å². The van der Waals surface area contributed by atoms with E-state index in [2.05, 4.69) is 0 Å². The van der Waals surface area contributed by atoms with Gasteiger partial charge >= 0.3 is 5.97 Å². The summed E-state index contributed by atoms with van der Waals surface area (Å²) in [5.74, 6) is -0.334. The van der Waals surface area contributed by atoms with Gasteiger partial charge in [0.25, 0.3) is 0 Å². The van der Waals surface area contributed by atoms with Crippen molar-refractivity contribution < 1.29 is 14.3 Å². The molecule has 0 aromatic heterocycles. The van der Waals surface area contributed by atoms with Crippen molar-refractivity contribution in [3.63, 3.8) is 0 Å². The van der Waals surface area contributed by atoms with Crippen LogP contribution in [0.4, 0.5) is 0 Å². The maximum absolute atomic E-state index is 13.1. The fraction of sp³-hybridized carbons (Fsp3) is 0.125. The Kier molecular flexibility index (Phi) is 5.13. The van der Waals surface area contributed by atoms with Crippen molar-refractivity contribution in [2.45, 2.75) is 6.10 Å². The molecule has 27 heavy (non-hydrogen) atoms. The number of esters is 1. The molecule has 134 valence electrons. The molecule has 4 rings (SSSR count). The molecule has 3 heteroatoms. The number of benzene rings is 3. The van der Waals surface area contributed by atoms with E-state index in [9.17, 15) is 4.79 Å². The minimum absolute atomic E-state index is 0.0304. The van der Waals surface area contributed by atoms with Crippen molar-refractivity contribution >= 4 is 17.1 Å². The lowest BCUT2D eigenvalue weighted by molar-refractivity contribution is -0.137. The van der Waals surface area contributed by atoms with Crippen LogP contribution in [0.15, 0.2) is 91.0 Å². The molecular weight excluding hydrogens is 336 g/mol. The first-order valence-corrected chi connectivity index (χ1v) is 9.02. The average molecular weight is 356 g/mol. The van der Waals surface area contributed by atoms with Gasteiger partial charge in [-0.15, -0.1) is 0 Å². The molecule has 1 aliphatic heterocycles. The van der Waals surface area contributed by atoms with E-state index in [-0.39, 0.29) is 18.7 Å². The number of carbonyl (C=O) groups is 1. The van der Waals surface area contributed by atoms with Gasteiger partial charge in [-0.05, 0) is 16.7 Å². The maximum atomic E-state index is 13.1. The predicted molar refractivity (Wildman–Crippen MR) is 106 cm³/mol. The van der Waals surface area contributed by atoms with Crippen molar-refractivity contribution in [3.05, 3.63) is 108 Å². The number of carbonyl (C=O) groups excluding carboxylic acids is 1. The Morgan fingerprint density at radius 3 is 1.67 bits per heavy atom. The van der Waals surface area contributed by atoms with E-state index < -0.39 is 0 Å². The smallest absolute Gasteiger partial charge is 0.339 e. The fourth-order valence-electron chi connectivity index (χ4n) is 3.04. The molecule has 0 bridgehead atoms. The van der Waals surface area contributed by atoms with E-state index in [0.29, 0.717) is 12.2 Å². The molecule has 1 aliphatic rings. The van der Waals surface area contributed by atoms with Crippen LogP contribution in [0.1, 0.15) is 16.7 Å². The van der Waals surface area contributed by atoms with Crippen molar-refractivity contribution in [3.8, 4) is 0 Å². The number of hydrogen-bond acceptors (Lipinski definition) is 3. The highest BCUT2D eigenvalue weighted by atomic mass is 16.6. The van der Waals surface area contributed by atoms with Gasteiger partial charge < -0.3 is 9.47 Å². The summed E-state index contributed by atoms with van der Waals surface area (Å²) >= 11 is 0. The molecule has 0 aliphatic carbocycles. The largest absolute Gasteiger partial charge is 0.459 e. The topological polar surface area (TPSA) is 38.8 Å². The van der Waals surface area contributed by atoms with Crippen LogP contribution in [0.3, 0.4) is 0 Å². The fourth-order valence-corrected chi connectivity index (χ4v) is 3.04. The Labute approximate surface area is 158 Å². The molecule has 1 atom stereocenters. The van der Waals surface area contributed by atoms with Crippen molar-refractivity contribution in [2.24, 2.45) is 0 Å². The van der Waals surface area contributed by atoms with Crippen molar-refractivity contribution in [1.82, 2.24) is 0 Å². The zero-order valence-electron chi connectivity index (χ0n) is 14.9. The normalized spacial score (nSPS) is 15.0. The molecule has 0 spiro atoms. The Hall–Kier alpha value is -3.17. The summed E-state index contributed by atoms with van der Waals surface area (Å²) in [5.41, 5.74) is 4.21. The highest BCUT2D eigenvalue weighted by Crippen LogP contribution is 2.33. The summed E-state index contributed by atoms with van der Waals surface area (Å²) in [6, 6.07) is 29.6. The number of epoxide rings is 1. The Bertz CT molecular complexity index is 886. The highest BCUT2D eigenvalue weighted by Gasteiger charge is 2.27. The lowest BCUT2D eigenvalue weighted by Gasteiger charge is -2.16. The Balaban J connectivity index is 1.89. The second-order valence-corrected chi connectivity index (χ2v) is 6.40. The van der Waals surface area contributed by atoms with E-state index in [1.54, 1.807) is 0 Å². The lowest BCUT2D eigenvalue weighted by Crippen LogP contribution is -2.13. The molecule has 0 saturated carbocycles. The van der Waals surface area contributed by atoms with Crippen molar-refractivity contribution in [2.75, 3.05) is 13.2 Å². The number of ether oxygens (including phenoxy) is 2. The number of hydrogen-bond donors (Lipinski definition) is 0. The van der Waals surface area contributed by atoms with Crippen LogP contribution in [-0.2, 0) is 14.3 Å². The van der Waals surface area contributed by atoms with Gasteiger partial charge in [0.05, 0.1) is 12.2 Å². The van der Waals surface area contributed by atoms with Crippen molar-refractivity contribution in [1.29, 1.82) is 0 Å². The van der Waals surface area contributed by atoms with Crippen LogP contribution < -0.4 is 0 Å². The van der Waals surface area contributed by atoms with Gasteiger partial charge in [0.1, 0.15) is 12.7 Å². The van der Waals surface area contributed by atoms with E-state index in [1.165, 1.54) is 0 Å². The second kappa shape index (κ2) is 8.02. The van der Waals surface area contributed by atoms with Crippen LogP contribution >= 0.6 is 0 Å². The minimum Gasteiger partial charge on any atom is -0.459 e. The second-order valence-electron chi connectivity index (χ2n) is 6.40. The van der Waals surface area contributed by atoms with Crippen LogP contribution in [-0.4, -0.2) is 25.3 Å². The molecule has 1 heterocycles. The molecule has 0 N–H and O–H groups in total. The average Bonchev–Trinajstić information content (AvgIpc) is 3.57. The summed E-state index contributed by atoms with van der Waals surface area (Å²) in [6.45, 7) is 0.938. The zero-order valence-corrected chi connectivity index (χ0v) is 14.9. The summed E-state index contributed by atoms with van der Waals surface area (Å²) < 4.78 is 10.8. The Morgan fingerprint density at radius 2 is 1.22 bits per heavy atom. The van der Waals surface area contributed by atoms with E-state index in [0.717, 1.165) is 22.3 Å². The van der Waals surface area contributed by atoms with Gasteiger partial charge in [-0.3, -0.25) is 0 Å². The molecule has 3 nitrogen and oxygen atoms in total. The third kappa shape index (κ3) is 4.15. The number of rotatable bonds is 6. The lowest BCUT2D eigenvalue weighted by atomic mass is 9.89. The molecule has 0 amide bonds. The first-order chi connectivity index (χ1) is 13.3. The van der Waals surface area contributed by atoms with E-state index >= 15 is 0 Å². The third-order valence-electron chi connectivity index (χ3n) is 4.44. The van der Waals surface area contributed by atoms with Gasteiger partial charge in [-0.25, -0.2) is 4.79 Å². The third-order valence-corrected chi connectivity index (χ3v) is 4.44. The van der Waals surface area contributed by atoms with Crippen LogP contribution in [0.2, 0.25) is 0 Å². The molecule has 0 radical (unpaired) electrons. The highest BCUT2D eigenvalue weighted by molar-refractivity contribution is 6.26. The maximum Gasteiger partial charge on any atom is 0.339 e. The van der Waals surface area contributed by atoms with Gasteiger partial charge in [0.2, 0.25) is 0 Å². The predicted octanol–water partition coefficient (Wildman–Crippen LogP) is 4.59. The van der Waals surface area contributed by atoms with Gasteiger partial charge in [-0.1, -0.05) is 91.0 Å². The van der Waals surface area contributed by atoms with Gasteiger partial charge in [0, 0.05) is 5.57 Å². The zero-order chi connectivity index (χ0) is 18.5. The van der Waals surface area contributed by atoms with Crippen LogP contribution in [0.5, 0.6) is 0 Å². The monoisotopic (exact) mass is 356 g/mol. The SMILES string of the molecule is O=C(OCC1CO1)C(=C(c1ccccc1)c1ccccc1)c1ccccc1. The summed E-state index contributed by atoms with van der Waals surface area (Å²) in [4.78, 5) is 13.1. The van der Waals surface area contributed by atoms with E-state index in [1.807, 2.05) is 91.0 Å². The standard InChI is InChI=1S/C24H20O3/c25-24(27-17-21-16-26-21)23(20-14-8-3-9-15-20)22(18-10-4-1-5-11-18)19-12-6-2-7-13-19/h1-15,21H,16-17H2. The molecule has 3 aromatic carbocycles. The summed E-state index contributed by atoms with van der Waals surface area (Å²) in [5, 5.41) is 0. The summed E-state index contributed by atoms with van der Waals surface area (Å²) in [7, 11) is 0. The van der Waals surface area contributed by atoms with Gasteiger partial charge in [-0.2, -0.15) is 0 Å². The Morgan fingerprint density at radius 1 is 0.778 bits per heavy atom. The first-order valence-electron chi connectivity index (χ1n) is 9.02. The molecule has 1 saturated heterocycles. The quantitative estimate of drug-likeness (QED) is 0.281. The van der Waals surface area contributed by atoms with Gasteiger partial charge in [0.15, 0.2) is 0 Å².